The van der Waals surface area contributed by atoms with Crippen molar-refractivity contribution in [2.45, 2.75) is 6.92 Å². The van der Waals surface area contributed by atoms with Crippen molar-refractivity contribution >= 4 is 12.1 Å². The summed E-state index contributed by atoms with van der Waals surface area (Å²) in [6, 6.07) is 11.4. The van der Waals surface area contributed by atoms with Gasteiger partial charge >= 0.3 is 0 Å². The molecule has 3 rings (SSSR count). The molecule has 7 heteroatoms. The van der Waals surface area contributed by atoms with Crippen molar-refractivity contribution in [1.82, 2.24) is 4.98 Å². The van der Waals surface area contributed by atoms with Crippen molar-refractivity contribution < 1.29 is 13.2 Å². The van der Waals surface area contributed by atoms with Gasteiger partial charge in [0.1, 0.15) is 23.4 Å². The molecule has 1 aromatic carbocycles. The van der Waals surface area contributed by atoms with E-state index < -0.39 is 0 Å². The van der Waals surface area contributed by atoms with Crippen LogP contribution in [0, 0.1) is 24.1 Å². The normalized spacial score (nSPS) is 10.8. The first-order valence-electron chi connectivity index (χ1n) is 6.68. The van der Waals surface area contributed by atoms with E-state index in [1.807, 2.05) is 6.07 Å². The maximum absolute atomic E-state index is 12.9. The minimum atomic E-state index is -0.304. The van der Waals surface area contributed by atoms with Gasteiger partial charge in [0.2, 0.25) is 5.69 Å². The van der Waals surface area contributed by atoms with Gasteiger partial charge < -0.3 is 8.83 Å². The minimum absolute atomic E-state index is 0.131. The van der Waals surface area contributed by atoms with Crippen LogP contribution in [0.1, 0.15) is 17.3 Å². The van der Waals surface area contributed by atoms with Crippen LogP contribution < -0.4 is 5.43 Å². The van der Waals surface area contributed by atoms with E-state index in [4.69, 9.17) is 14.1 Å². The van der Waals surface area contributed by atoms with Crippen molar-refractivity contribution in [3.8, 4) is 17.4 Å². The zero-order valence-electron chi connectivity index (χ0n) is 12.1. The van der Waals surface area contributed by atoms with Gasteiger partial charge in [0.05, 0.1) is 6.21 Å². The smallest absolute Gasteiger partial charge is 0.252 e. The lowest BCUT2D eigenvalue weighted by Gasteiger charge is -1.96. The van der Waals surface area contributed by atoms with Crippen LogP contribution in [-0.2, 0) is 0 Å². The SMILES string of the molecule is Cc1nc(C#N)c(N/N=C/c2ccc(-c3ccc(F)cc3)o2)o1. The number of hydrogen-bond acceptors (Lipinski definition) is 6. The molecular formula is C16H11FN4O2. The topological polar surface area (TPSA) is 87.4 Å². The summed E-state index contributed by atoms with van der Waals surface area (Å²) in [5.41, 5.74) is 3.49. The molecule has 0 saturated carbocycles. The first-order valence-corrected chi connectivity index (χ1v) is 6.68. The van der Waals surface area contributed by atoms with Crippen molar-refractivity contribution in [2.24, 2.45) is 5.10 Å². The quantitative estimate of drug-likeness (QED) is 0.586. The van der Waals surface area contributed by atoms with Gasteiger partial charge in [-0.1, -0.05) is 0 Å². The number of hydrogen-bond donors (Lipinski definition) is 1. The Bertz CT molecular complexity index is 888. The van der Waals surface area contributed by atoms with Gasteiger partial charge in [-0.2, -0.15) is 10.4 Å². The number of halogens is 1. The van der Waals surface area contributed by atoms with Crippen LogP contribution in [-0.4, -0.2) is 11.2 Å². The Morgan fingerprint density at radius 2 is 2.00 bits per heavy atom. The summed E-state index contributed by atoms with van der Waals surface area (Å²) >= 11 is 0. The van der Waals surface area contributed by atoms with E-state index in [-0.39, 0.29) is 17.4 Å². The number of furan rings is 1. The predicted octanol–water partition coefficient (Wildman–Crippen LogP) is 3.70. The molecule has 0 saturated heterocycles. The predicted molar refractivity (Wildman–Crippen MR) is 81.3 cm³/mol. The standard InChI is InChI=1S/C16H11FN4O2/c1-10-20-14(8-18)16(22-10)21-19-9-13-6-7-15(23-13)11-2-4-12(17)5-3-11/h2-7,9,21H,1H3/b19-9+. The van der Waals surface area contributed by atoms with Gasteiger partial charge in [-0.25, -0.2) is 14.8 Å². The Morgan fingerprint density at radius 1 is 1.22 bits per heavy atom. The lowest BCUT2D eigenvalue weighted by atomic mass is 10.2. The van der Waals surface area contributed by atoms with E-state index in [1.54, 1.807) is 31.2 Å². The summed E-state index contributed by atoms with van der Waals surface area (Å²) < 4.78 is 23.7. The zero-order chi connectivity index (χ0) is 16.2. The molecular weight excluding hydrogens is 299 g/mol. The van der Waals surface area contributed by atoms with Crippen LogP contribution in [0.25, 0.3) is 11.3 Å². The fraction of sp³-hybridized carbons (Fsp3) is 0.0625. The van der Waals surface area contributed by atoms with Gasteiger partial charge in [0.25, 0.3) is 5.88 Å². The van der Waals surface area contributed by atoms with Gasteiger partial charge in [-0.3, -0.25) is 0 Å². The van der Waals surface area contributed by atoms with Crippen molar-refractivity contribution in [3.05, 3.63) is 59.6 Å². The minimum Gasteiger partial charge on any atom is -0.455 e. The average Bonchev–Trinajstić information content (AvgIpc) is 3.15. The number of nitrogens with zero attached hydrogens (tertiary/aromatic N) is 3. The summed E-state index contributed by atoms with van der Waals surface area (Å²) in [6.45, 7) is 1.64. The summed E-state index contributed by atoms with van der Waals surface area (Å²) in [5, 5.41) is 12.8. The highest BCUT2D eigenvalue weighted by Gasteiger charge is 2.09. The number of hydrazone groups is 1. The maximum atomic E-state index is 12.9. The second kappa shape index (κ2) is 6.15. The molecule has 1 N–H and O–H groups in total. The second-order valence-corrected chi connectivity index (χ2v) is 4.60. The molecule has 6 nitrogen and oxygen atoms in total. The number of nitrogens with one attached hydrogen (secondary N) is 1. The Labute approximate surface area is 130 Å². The van der Waals surface area contributed by atoms with Crippen molar-refractivity contribution in [2.75, 3.05) is 5.43 Å². The molecule has 0 unspecified atom stereocenters. The third-order valence-corrected chi connectivity index (χ3v) is 2.95. The number of oxazole rings is 1. The molecule has 0 amide bonds. The first-order chi connectivity index (χ1) is 11.2. The van der Waals surface area contributed by atoms with Crippen LogP contribution in [0.2, 0.25) is 0 Å². The monoisotopic (exact) mass is 310 g/mol. The van der Waals surface area contributed by atoms with Gasteiger partial charge in [0.15, 0.2) is 5.89 Å². The molecule has 0 bridgehead atoms. The molecule has 23 heavy (non-hydrogen) atoms. The summed E-state index contributed by atoms with van der Waals surface area (Å²) in [4.78, 5) is 3.89. The van der Waals surface area contributed by atoms with Crippen LogP contribution in [0.3, 0.4) is 0 Å². The zero-order valence-corrected chi connectivity index (χ0v) is 12.1. The van der Waals surface area contributed by atoms with Gasteiger partial charge in [0, 0.05) is 12.5 Å². The molecule has 0 radical (unpaired) electrons. The molecule has 2 heterocycles. The molecule has 0 aliphatic heterocycles. The first kappa shape index (κ1) is 14.5. The second-order valence-electron chi connectivity index (χ2n) is 4.60. The molecule has 0 spiro atoms. The van der Waals surface area contributed by atoms with Crippen LogP contribution in [0.5, 0.6) is 0 Å². The highest BCUT2D eigenvalue weighted by molar-refractivity contribution is 5.78. The molecule has 2 aromatic heterocycles. The highest BCUT2D eigenvalue weighted by atomic mass is 19.1. The number of nitriles is 1. The number of benzene rings is 1. The molecule has 0 fully saturated rings. The summed E-state index contributed by atoms with van der Waals surface area (Å²) in [5.74, 6) is 1.33. The number of aryl methyl sites for hydroxylation is 1. The maximum Gasteiger partial charge on any atom is 0.252 e. The molecule has 3 aromatic rings. The Morgan fingerprint density at radius 3 is 2.74 bits per heavy atom. The highest BCUT2D eigenvalue weighted by Crippen LogP contribution is 2.22. The molecule has 114 valence electrons. The van der Waals surface area contributed by atoms with Gasteiger partial charge in [-0.15, -0.1) is 0 Å². The van der Waals surface area contributed by atoms with Crippen LogP contribution >= 0.6 is 0 Å². The molecule has 0 aliphatic rings. The molecule has 0 aliphatic carbocycles. The van der Waals surface area contributed by atoms with E-state index in [2.05, 4.69) is 15.5 Å². The van der Waals surface area contributed by atoms with E-state index in [0.29, 0.717) is 17.4 Å². The largest absolute Gasteiger partial charge is 0.455 e. The molecule has 0 atom stereocenters. The van der Waals surface area contributed by atoms with Crippen LogP contribution in [0.15, 0.2) is 50.3 Å². The van der Waals surface area contributed by atoms with Gasteiger partial charge in [-0.05, 0) is 36.4 Å². The number of anilines is 1. The van der Waals surface area contributed by atoms with Crippen molar-refractivity contribution in [1.29, 1.82) is 5.26 Å². The summed E-state index contributed by atoms with van der Waals surface area (Å²) in [7, 11) is 0. The van der Waals surface area contributed by atoms with Crippen LogP contribution in [0.4, 0.5) is 10.3 Å². The van der Waals surface area contributed by atoms with Crippen molar-refractivity contribution in [3.63, 3.8) is 0 Å². The average molecular weight is 310 g/mol. The van der Waals surface area contributed by atoms with E-state index >= 15 is 0 Å². The third kappa shape index (κ3) is 3.27. The lowest BCUT2D eigenvalue weighted by molar-refractivity contribution is 0.533. The Kier molecular flexibility index (Phi) is 3.89. The number of rotatable bonds is 4. The fourth-order valence-electron chi connectivity index (χ4n) is 1.92. The number of aromatic nitrogens is 1. The lowest BCUT2D eigenvalue weighted by Crippen LogP contribution is -1.90. The third-order valence-electron chi connectivity index (χ3n) is 2.95. The Hall–Kier alpha value is -3.40. The summed E-state index contributed by atoms with van der Waals surface area (Å²) in [6.07, 6.45) is 1.44. The van der Waals surface area contributed by atoms with E-state index in [1.165, 1.54) is 18.3 Å². The van der Waals surface area contributed by atoms with E-state index in [9.17, 15) is 4.39 Å². The van der Waals surface area contributed by atoms with E-state index in [0.717, 1.165) is 5.56 Å². The fourth-order valence-corrected chi connectivity index (χ4v) is 1.92. The Balaban J connectivity index is 1.71.